The van der Waals surface area contributed by atoms with Crippen LogP contribution in [0, 0.1) is 0 Å². The van der Waals surface area contributed by atoms with Crippen molar-refractivity contribution in [2.45, 2.75) is 0 Å². The van der Waals surface area contributed by atoms with Gasteiger partial charge in [-0.1, -0.05) is 0 Å². The van der Waals surface area contributed by atoms with Gasteiger partial charge in [-0.25, -0.2) is 11.0 Å². The molecule has 0 bridgehead atoms. The Morgan fingerprint density at radius 2 is 1.30 bits per heavy atom. The van der Waals surface area contributed by atoms with Crippen LogP contribution < -0.4 is 22.6 Å². The summed E-state index contributed by atoms with van der Waals surface area (Å²) in [4.78, 5) is 0. The van der Waals surface area contributed by atoms with Gasteiger partial charge in [0, 0.05) is 0 Å². The molecule has 0 amide bonds. The van der Waals surface area contributed by atoms with Gasteiger partial charge >= 0.3 is 0 Å². The van der Waals surface area contributed by atoms with Crippen LogP contribution in [0.4, 0.5) is 0 Å². The smallest absolute Gasteiger partial charge is 0.215 e. The molecule has 8 heteroatoms. The van der Waals surface area contributed by atoms with Gasteiger partial charge in [0.15, 0.2) is 0 Å². The first-order valence-electron chi connectivity index (χ1n) is 2.16. The molecule has 0 aromatic heterocycles. The van der Waals surface area contributed by atoms with Crippen molar-refractivity contribution in [3.05, 3.63) is 0 Å². The van der Waals surface area contributed by atoms with Gasteiger partial charge in [-0.3, -0.25) is 10.4 Å². The molecule has 0 unspecified atom stereocenters. The number of hydrogen-bond donors (Lipinski definition) is 6. The van der Waals surface area contributed by atoms with E-state index in [2.05, 4.69) is 10.2 Å². The SMILES string of the molecule is N/N=C(NO)/C(=N\N)NO. The van der Waals surface area contributed by atoms with Crippen molar-refractivity contribution >= 4 is 11.7 Å². The molecule has 0 heterocycles. The Morgan fingerprint density at radius 3 is 1.40 bits per heavy atom. The average molecular weight is 148 g/mol. The summed E-state index contributed by atoms with van der Waals surface area (Å²) in [5, 5.41) is 22.4. The molecule has 58 valence electrons. The third-order valence-electron chi connectivity index (χ3n) is 0.694. The Bertz CT molecular complexity index is 134. The highest BCUT2D eigenvalue weighted by molar-refractivity contribution is 6.39. The third kappa shape index (κ3) is 1.76. The molecule has 0 saturated carbocycles. The zero-order valence-electron chi connectivity index (χ0n) is 4.94. The lowest BCUT2D eigenvalue weighted by molar-refractivity contribution is 0.223. The monoisotopic (exact) mass is 148 g/mol. The van der Waals surface area contributed by atoms with Crippen molar-refractivity contribution in [2.75, 3.05) is 0 Å². The number of hydrazone groups is 2. The van der Waals surface area contributed by atoms with Crippen molar-refractivity contribution in [3.63, 3.8) is 0 Å². The summed E-state index contributed by atoms with van der Waals surface area (Å²) >= 11 is 0. The van der Waals surface area contributed by atoms with Crippen molar-refractivity contribution < 1.29 is 10.4 Å². The van der Waals surface area contributed by atoms with Crippen LogP contribution in [-0.4, -0.2) is 22.1 Å². The van der Waals surface area contributed by atoms with Crippen molar-refractivity contribution in [3.8, 4) is 0 Å². The molecule has 0 aromatic carbocycles. The average Bonchev–Trinajstić information content (AvgIpc) is 2.00. The number of hydroxylamine groups is 2. The maximum Gasteiger partial charge on any atom is 0.215 e. The van der Waals surface area contributed by atoms with Crippen LogP contribution in [0.2, 0.25) is 0 Å². The molecule has 8 N–H and O–H groups in total. The van der Waals surface area contributed by atoms with E-state index in [-0.39, 0.29) is 11.7 Å². The van der Waals surface area contributed by atoms with Crippen molar-refractivity contribution in [1.29, 1.82) is 0 Å². The van der Waals surface area contributed by atoms with Gasteiger partial charge in [-0.05, 0) is 0 Å². The second-order valence-corrected chi connectivity index (χ2v) is 1.18. The fourth-order valence-corrected chi connectivity index (χ4v) is 0.286. The van der Waals surface area contributed by atoms with E-state index >= 15 is 0 Å². The summed E-state index contributed by atoms with van der Waals surface area (Å²) in [5.74, 6) is 8.88. The lowest BCUT2D eigenvalue weighted by Gasteiger charge is -2.02. The molecule has 8 nitrogen and oxygen atoms in total. The van der Waals surface area contributed by atoms with Gasteiger partial charge in [0.1, 0.15) is 0 Å². The molecule has 0 aliphatic rings. The standard InChI is InChI=1S/C2H8N6O2/c3-5-1(7-9)2(6-4)8-10/h9-10H,3-4H2,(H,5,7)(H,6,8). The largest absolute Gasteiger partial charge is 0.321 e. The maximum atomic E-state index is 8.21. The molecule has 0 saturated heterocycles. The Labute approximate surface area is 56.1 Å². The second kappa shape index (κ2) is 4.35. The molecular weight excluding hydrogens is 140 g/mol. The lowest BCUT2D eigenvalue weighted by atomic mass is 10.5. The fraction of sp³-hybridized carbons (Fsp3) is 0. The first-order chi connectivity index (χ1) is 4.79. The molecule has 0 aromatic rings. The molecule has 10 heavy (non-hydrogen) atoms. The Kier molecular flexibility index (Phi) is 3.68. The summed E-state index contributed by atoms with van der Waals surface area (Å²) in [7, 11) is 0. The zero-order chi connectivity index (χ0) is 7.98. The Hall–Kier alpha value is -1.54. The molecule has 0 aliphatic carbocycles. The second-order valence-electron chi connectivity index (χ2n) is 1.18. The topological polar surface area (TPSA) is 141 Å². The van der Waals surface area contributed by atoms with Gasteiger partial charge in [0.25, 0.3) is 0 Å². The quantitative estimate of drug-likeness (QED) is 0.0969. The van der Waals surface area contributed by atoms with Crippen molar-refractivity contribution in [1.82, 2.24) is 11.0 Å². The minimum atomic E-state index is -0.273. The molecule has 0 radical (unpaired) electrons. The molecule has 0 atom stereocenters. The Morgan fingerprint density at radius 1 is 1.00 bits per heavy atom. The molecular formula is C2H8N6O2. The van der Waals surface area contributed by atoms with E-state index in [0.29, 0.717) is 0 Å². The predicted octanol–water partition coefficient (Wildman–Crippen LogP) is -2.51. The number of rotatable bonds is 0. The number of hydrogen-bond acceptors (Lipinski definition) is 6. The van der Waals surface area contributed by atoms with Crippen LogP contribution in [0.3, 0.4) is 0 Å². The maximum absolute atomic E-state index is 8.21. The van der Waals surface area contributed by atoms with Crippen LogP contribution in [-0.2, 0) is 0 Å². The molecule has 0 fully saturated rings. The fourth-order valence-electron chi connectivity index (χ4n) is 0.286. The molecule has 0 rings (SSSR count). The molecule has 0 spiro atoms. The predicted molar refractivity (Wildman–Crippen MR) is 33.1 cm³/mol. The number of amidine groups is 2. The lowest BCUT2D eigenvalue weighted by Crippen LogP contribution is -2.38. The first kappa shape index (κ1) is 8.46. The molecule has 0 aliphatic heterocycles. The Balaban J connectivity index is 4.27. The van der Waals surface area contributed by atoms with Crippen LogP contribution >= 0.6 is 0 Å². The summed E-state index contributed by atoms with van der Waals surface area (Å²) < 4.78 is 0. The van der Waals surface area contributed by atoms with Crippen molar-refractivity contribution in [2.24, 2.45) is 21.9 Å². The van der Waals surface area contributed by atoms with E-state index in [0.717, 1.165) is 0 Å². The van der Waals surface area contributed by atoms with Crippen LogP contribution in [0.25, 0.3) is 0 Å². The number of nitrogens with two attached hydrogens (primary N) is 2. The third-order valence-corrected chi connectivity index (χ3v) is 0.694. The van der Waals surface area contributed by atoms with E-state index in [9.17, 15) is 0 Å². The van der Waals surface area contributed by atoms with Gasteiger partial charge in [0.05, 0.1) is 0 Å². The zero-order valence-corrected chi connectivity index (χ0v) is 4.94. The van der Waals surface area contributed by atoms with Crippen LogP contribution in [0.1, 0.15) is 0 Å². The van der Waals surface area contributed by atoms with Gasteiger partial charge < -0.3 is 11.7 Å². The van der Waals surface area contributed by atoms with Gasteiger partial charge in [-0.15, -0.1) is 0 Å². The number of nitrogens with zero attached hydrogens (tertiary/aromatic N) is 2. The van der Waals surface area contributed by atoms with Gasteiger partial charge in [0.2, 0.25) is 11.7 Å². The number of nitrogens with one attached hydrogen (secondary N) is 2. The summed E-state index contributed by atoms with van der Waals surface area (Å²) in [6.07, 6.45) is 0. The summed E-state index contributed by atoms with van der Waals surface area (Å²) in [6.45, 7) is 0. The minimum Gasteiger partial charge on any atom is -0.321 e. The van der Waals surface area contributed by atoms with Gasteiger partial charge in [-0.2, -0.15) is 10.2 Å². The van der Waals surface area contributed by atoms with Crippen LogP contribution in [0.15, 0.2) is 10.2 Å². The summed E-state index contributed by atoms with van der Waals surface area (Å²) in [5.41, 5.74) is 3.09. The normalized spacial score (nSPS) is 13.0. The van der Waals surface area contributed by atoms with E-state index in [4.69, 9.17) is 22.1 Å². The van der Waals surface area contributed by atoms with E-state index in [1.807, 2.05) is 0 Å². The van der Waals surface area contributed by atoms with E-state index < -0.39 is 0 Å². The highest BCUT2D eigenvalue weighted by Gasteiger charge is 2.04. The summed E-state index contributed by atoms with van der Waals surface area (Å²) in [6, 6.07) is 0. The highest BCUT2D eigenvalue weighted by Crippen LogP contribution is 1.69. The van der Waals surface area contributed by atoms with Crippen LogP contribution in [0.5, 0.6) is 0 Å². The minimum absolute atomic E-state index is 0.273. The van der Waals surface area contributed by atoms with E-state index in [1.165, 1.54) is 0 Å². The van der Waals surface area contributed by atoms with E-state index in [1.54, 1.807) is 11.0 Å². The highest BCUT2D eigenvalue weighted by atomic mass is 16.5. The first-order valence-corrected chi connectivity index (χ1v) is 2.16.